The minimum Gasteiger partial charge on any atom is -0.322 e. The lowest BCUT2D eigenvalue weighted by atomic mass is 10.1. The SMILES string of the molecule is CC(=O)c1ccc(NC(=O)c2cc(C)nc(Cl)c2)cc1. The molecule has 1 aromatic heterocycles. The summed E-state index contributed by atoms with van der Waals surface area (Å²) in [6, 6.07) is 9.87. The predicted octanol–water partition coefficient (Wildman–Crippen LogP) is 3.50. The van der Waals surface area contributed by atoms with Crippen molar-refractivity contribution in [2.24, 2.45) is 0 Å². The number of benzene rings is 1. The van der Waals surface area contributed by atoms with Crippen LogP contribution >= 0.6 is 11.6 Å². The van der Waals surface area contributed by atoms with Crippen LogP contribution in [0.5, 0.6) is 0 Å². The van der Waals surface area contributed by atoms with Crippen LogP contribution in [0.4, 0.5) is 5.69 Å². The van der Waals surface area contributed by atoms with Gasteiger partial charge in [-0.1, -0.05) is 11.6 Å². The van der Waals surface area contributed by atoms with Crippen molar-refractivity contribution in [3.8, 4) is 0 Å². The first-order chi connectivity index (χ1) is 9.45. The maximum atomic E-state index is 12.1. The highest BCUT2D eigenvalue weighted by Crippen LogP contribution is 2.14. The van der Waals surface area contributed by atoms with Gasteiger partial charge >= 0.3 is 0 Å². The summed E-state index contributed by atoms with van der Waals surface area (Å²) in [6.07, 6.45) is 0. The number of pyridine rings is 1. The third-order valence-corrected chi connectivity index (χ3v) is 2.93. The van der Waals surface area contributed by atoms with Gasteiger partial charge in [0.2, 0.25) is 0 Å². The van der Waals surface area contributed by atoms with Gasteiger partial charge in [0.1, 0.15) is 5.15 Å². The maximum absolute atomic E-state index is 12.1. The van der Waals surface area contributed by atoms with Crippen LogP contribution in [0.15, 0.2) is 36.4 Å². The molecule has 2 aromatic rings. The second-order valence-corrected chi connectivity index (χ2v) is 4.79. The summed E-state index contributed by atoms with van der Waals surface area (Å²) in [6.45, 7) is 3.26. The van der Waals surface area contributed by atoms with Gasteiger partial charge in [-0.05, 0) is 50.2 Å². The van der Waals surface area contributed by atoms with Crippen molar-refractivity contribution >= 4 is 29.0 Å². The average molecular weight is 289 g/mol. The van der Waals surface area contributed by atoms with E-state index in [0.29, 0.717) is 22.5 Å². The highest BCUT2D eigenvalue weighted by Gasteiger charge is 2.08. The number of hydrogen-bond donors (Lipinski definition) is 1. The molecule has 0 aliphatic heterocycles. The topological polar surface area (TPSA) is 59.1 Å². The summed E-state index contributed by atoms with van der Waals surface area (Å²) in [5.74, 6) is -0.285. The molecule has 20 heavy (non-hydrogen) atoms. The Morgan fingerprint density at radius 3 is 2.30 bits per heavy atom. The first-order valence-electron chi connectivity index (χ1n) is 6.02. The zero-order valence-electron chi connectivity index (χ0n) is 11.1. The van der Waals surface area contributed by atoms with Crippen molar-refractivity contribution in [2.75, 3.05) is 5.32 Å². The molecule has 0 unspecified atom stereocenters. The van der Waals surface area contributed by atoms with E-state index < -0.39 is 0 Å². The van der Waals surface area contributed by atoms with Gasteiger partial charge in [-0.25, -0.2) is 4.98 Å². The lowest BCUT2D eigenvalue weighted by Gasteiger charge is -2.06. The molecule has 1 N–H and O–H groups in total. The Bertz CT molecular complexity index is 646. The molecule has 1 amide bonds. The number of amides is 1. The number of aryl methyl sites for hydroxylation is 1. The second kappa shape index (κ2) is 5.84. The van der Waals surface area contributed by atoms with Crippen LogP contribution in [-0.2, 0) is 0 Å². The fourth-order valence-electron chi connectivity index (χ4n) is 1.75. The van der Waals surface area contributed by atoms with Crippen LogP contribution in [0.2, 0.25) is 5.15 Å². The largest absolute Gasteiger partial charge is 0.322 e. The molecular formula is C15H13ClN2O2. The highest BCUT2D eigenvalue weighted by molar-refractivity contribution is 6.29. The molecular weight excluding hydrogens is 276 g/mol. The first kappa shape index (κ1) is 14.2. The summed E-state index contributed by atoms with van der Waals surface area (Å²) in [4.78, 5) is 27.2. The first-order valence-corrected chi connectivity index (χ1v) is 6.40. The molecule has 5 heteroatoms. The predicted molar refractivity (Wildman–Crippen MR) is 78.4 cm³/mol. The Labute approximate surface area is 121 Å². The monoisotopic (exact) mass is 288 g/mol. The van der Waals surface area contributed by atoms with Crippen molar-refractivity contribution < 1.29 is 9.59 Å². The summed E-state index contributed by atoms with van der Waals surface area (Å²) >= 11 is 5.82. The lowest BCUT2D eigenvalue weighted by molar-refractivity contribution is 0.101. The van der Waals surface area contributed by atoms with Crippen LogP contribution in [0.3, 0.4) is 0 Å². The molecule has 0 radical (unpaired) electrons. The van der Waals surface area contributed by atoms with Crippen molar-refractivity contribution in [3.05, 3.63) is 58.4 Å². The number of hydrogen-bond acceptors (Lipinski definition) is 3. The van der Waals surface area contributed by atoms with E-state index >= 15 is 0 Å². The molecule has 2 rings (SSSR count). The van der Waals surface area contributed by atoms with E-state index in [1.807, 2.05) is 0 Å². The van der Waals surface area contributed by atoms with Crippen molar-refractivity contribution in [1.29, 1.82) is 0 Å². The molecule has 0 saturated heterocycles. The Kier molecular flexibility index (Phi) is 4.15. The number of rotatable bonds is 3. The van der Waals surface area contributed by atoms with E-state index in [-0.39, 0.29) is 16.8 Å². The molecule has 1 heterocycles. The highest BCUT2D eigenvalue weighted by atomic mass is 35.5. The normalized spacial score (nSPS) is 10.2. The molecule has 0 atom stereocenters. The Morgan fingerprint density at radius 1 is 1.10 bits per heavy atom. The molecule has 0 bridgehead atoms. The van der Waals surface area contributed by atoms with E-state index in [1.54, 1.807) is 37.3 Å². The van der Waals surface area contributed by atoms with Gasteiger partial charge in [0.05, 0.1) is 0 Å². The molecule has 0 saturated carbocycles. The van der Waals surface area contributed by atoms with E-state index in [2.05, 4.69) is 10.3 Å². The summed E-state index contributed by atoms with van der Waals surface area (Å²) in [7, 11) is 0. The number of carbonyl (C=O) groups excluding carboxylic acids is 2. The van der Waals surface area contributed by atoms with Gasteiger partial charge in [0.25, 0.3) is 5.91 Å². The van der Waals surface area contributed by atoms with Crippen LogP contribution < -0.4 is 5.32 Å². The fourth-order valence-corrected chi connectivity index (χ4v) is 2.00. The van der Waals surface area contributed by atoms with Crippen molar-refractivity contribution in [1.82, 2.24) is 4.98 Å². The number of carbonyl (C=O) groups is 2. The van der Waals surface area contributed by atoms with E-state index in [4.69, 9.17) is 11.6 Å². The van der Waals surface area contributed by atoms with Crippen LogP contribution in [0, 0.1) is 6.92 Å². The number of aromatic nitrogens is 1. The number of anilines is 1. The number of halogens is 1. The van der Waals surface area contributed by atoms with Gasteiger partial charge in [-0.3, -0.25) is 9.59 Å². The van der Waals surface area contributed by atoms with Gasteiger partial charge in [-0.15, -0.1) is 0 Å². The molecule has 0 spiro atoms. The van der Waals surface area contributed by atoms with E-state index in [1.165, 1.54) is 13.0 Å². The molecule has 0 aliphatic carbocycles. The fraction of sp³-hybridized carbons (Fsp3) is 0.133. The third-order valence-electron chi connectivity index (χ3n) is 2.73. The smallest absolute Gasteiger partial charge is 0.255 e. The Morgan fingerprint density at radius 2 is 1.75 bits per heavy atom. The van der Waals surface area contributed by atoms with Gasteiger partial charge in [0, 0.05) is 22.5 Å². The number of nitrogens with one attached hydrogen (secondary N) is 1. The summed E-state index contributed by atoms with van der Waals surface area (Å²) in [5.41, 5.74) is 2.34. The number of nitrogens with zero attached hydrogens (tertiary/aromatic N) is 1. The lowest BCUT2D eigenvalue weighted by Crippen LogP contribution is -2.12. The number of ketones is 1. The minimum atomic E-state index is -0.270. The van der Waals surface area contributed by atoms with E-state index in [9.17, 15) is 9.59 Å². The Hall–Kier alpha value is -2.20. The number of Topliss-reactive ketones (excluding diaryl/α,β-unsaturated/α-hetero) is 1. The Balaban J connectivity index is 2.16. The van der Waals surface area contributed by atoms with Gasteiger partial charge in [0.15, 0.2) is 5.78 Å². The zero-order valence-corrected chi connectivity index (χ0v) is 11.9. The van der Waals surface area contributed by atoms with Gasteiger partial charge < -0.3 is 5.32 Å². The quantitative estimate of drug-likeness (QED) is 0.694. The van der Waals surface area contributed by atoms with Crippen molar-refractivity contribution in [3.63, 3.8) is 0 Å². The van der Waals surface area contributed by atoms with E-state index in [0.717, 1.165) is 0 Å². The molecule has 0 fully saturated rings. The third kappa shape index (κ3) is 3.42. The summed E-state index contributed by atoms with van der Waals surface area (Å²) in [5, 5.41) is 3.02. The molecule has 1 aromatic carbocycles. The average Bonchev–Trinajstić information content (AvgIpc) is 2.38. The zero-order chi connectivity index (χ0) is 14.7. The summed E-state index contributed by atoms with van der Waals surface area (Å²) < 4.78 is 0. The van der Waals surface area contributed by atoms with Crippen molar-refractivity contribution in [2.45, 2.75) is 13.8 Å². The molecule has 0 aliphatic rings. The minimum absolute atomic E-state index is 0.0144. The van der Waals surface area contributed by atoms with Crippen LogP contribution in [0.1, 0.15) is 33.3 Å². The standard InChI is InChI=1S/C15H13ClN2O2/c1-9-7-12(8-14(16)17-9)15(20)18-13-5-3-11(4-6-13)10(2)19/h3-8H,1-2H3,(H,18,20). The molecule has 4 nitrogen and oxygen atoms in total. The maximum Gasteiger partial charge on any atom is 0.255 e. The molecule has 102 valence electrons. The van der Waals surface area contributed by atoms with Gasteiger partial charge in [-0.2, -0.15) is 0 Å². The van der Waals surface area contributed by atoms with Crippen LogP contribution in [0.25, 0.3) is 0 Å². The van der Waals surface area contributed by atoms with Crippen LogP contribution in [-0.4, -0.2) is 16.7 Å². The second-order valence-electron chi connectivity index (χ2n) is 4.41.